The molecule has 0 radical (unpaired) electrons. The van der Waals surface area contributed by atoms with E-state index in [1.54, 1.807) is 19.1 Å². The zero-order chi connectivity index (χ0) is 29.6. The lowest BCUT2D eigenvalue weighted by Gasteiger charge is -2.39. The predicted octanol–water partition coefficient (Wildman–Crippen LogP) is 3.91. The van der Waals surface area contributed by atoms with Crippen LogP contribution >= 0.6 is 0 Å². The van der Waals surface area contributed by atoms with Gasteiger partial charge in [0, 0.05) is 54.2 Å². The average molecular weight is 563 g/mol. The van der Waals surface area contributed by atoms with Gasteiger partial charge in [0.2, 0.25) is 5.36 Å². The number of anilines is 1. The van der Waals surface area contributed by atoms with Crippen LogP contribution in [-0.4, -0.2) is 38.4 Å². The Morgan fingerprint density at radius 1 is 0.929 bits per heavy atom. The van der Waals surface area contributed by atoms with E-state index in [4.69, 9.17) is 0 Å². The van der Waals surface area contributed by atoms with E-state index in [0.717, 1.165) is 86.5 Å². The molecule has 5 nitrogen and oxygen atoms in total. The minimum atomic E-state index is -1.14. The van der Waals surface area contributed by atoms with Crippen molar-refractivity contribution < 1.29 is 14.7 Å². The lowest BCUT2D eigenvalue weighted by atomic mass is 9.67. The summed E-state index contributed by atoms with van der Waals surface area (Å²) in [6.07, 6.45) is 8.02. The second-order valence-corrected chi connectivity index (χ2v) is 13.0. The minimum absolute atomic E-state index is 0.240. The highest BCUT2D eigenvalue weighted by Crippen LogP contribution is 2.44. The molecule has 0 saturated carbocycles. The summed E-state index contributed by atoms with van der Waals surface area (Å²) in [4.78, 5) is 26.3. The van der Waals surface area contributed by atoms with Crippen LogP contribution in [0.15, 0.2) is 48.5 Å². The van der Waals surface area contributed by atoms with E-state index in [1.807, 2.05) is 12.1 Å². The number of ketones is 1. The Morgan fingerprint density at radius 3 is 2.50 bits per heavy atom. The topological polar surface area (TPSA) is 63.4 Å². The summed E-state index contributed by atoms with van der Waals surface area (Å²) in [5.41, 5.74) is 9.34. The molecular weight excluding hydrogens is 520 g/mol. The summed E-state index contributed by atoms with van der Waals surface area (Å²) in [5, 5.41) is 14.8. The number of hydrogen-bond donors (Lipinski definition) is 0. The number of aryl methyl sites for hydroxylation is 2. The maximum absolute atomic E-state index is 12.4. The zero-order valence-corrected chi connectivity index (χ0v) is 25.5. The van der Waals surface area contributed by atoms with E-state index in [-0.39, 0.29) is 16.8 Å². The predicted molar refractivity (Wildman–Crippen MR) is 167 cm³/mol. The Balaban J connectivity index is 1.56. The monoisotopic (exact) mass is 562 g/mol. The Hall–Kier alpha value is -3.73. The van der Waals surface area contributed by atoms with E-state index < -0.39 is 5.97 Å². The van der Waals surface area contributed by atoms with Crippen LogP contribution in [0.2, 0.25) is 0 Å². The van der Waals surface area contributed by atoms with Crippen molar-refractivity contribution >= 4 is 23.0 Å². The third kappa shape index (κ3) is 4.97. The Morgan fingerprint density at radius 2 is 1.71 bits per heavy atom. The van der Waals surface area contributed by atoms with Gasteiger partial charge in [-0.15, -0.1) is 0 Å². The third-order valence-electron chi connectivity index (χ3n) is 9.76. The zero-order valence-electron chi connectivity index (χ0n) is 25.5. The van der Waals surface area contributed by atoms with Crippen LogP contribution in [0.5, 0.6) is 0 Å². The van der Waals surface area contributed by atoms with Gasteiger partial charge in [0.15, 0.2) is 0 Å². The standard InChI is InChI=1S/C37H42N2O3/c1-24(40)12-6-5-9-18-39-19-11-14-26-21-30-32(23-34(26)39)37(2,3)31-22-33-25(13-10-17-38(33)4)20-29(31)35(30)27-15-7-8-16-28(27)36(41)42/h7-8,15-16,20-23H,5-6,9-14,17-19H2,1-4H3. The van der Waals surface area contributed by atoms with Gasteiger partial charge in [-0.1, -0.05) is 44.5 Å². The number of fused-ring (bicyclic) bond motifs is 4. The highest BCUT2D eigenvalue weighted by atomic mass is 16.4. The summed E-state index contributed by atoms with van der Waals surface area (Å²) in [5.74, 6) is -0.870. The van der Waals surface area contributed by atoms with Gasteiger partial charge in [0.1, 0.15) is 19.4 Å². The molecule has 218 valence electrons. The SMILES string of the molecule is CC(=O)CCCCCN1CCCc2cc3c(cc21)C(C)(C)c1cc2c(cc1=C3c1ccccc1C(=O)[O-])CCC[N+]=2C. The maximum Gasteiger partial charge on any atom is 0.203 e. The van der Waals surface area contributed by atoms with Gasteiger partial charge in [0.05, 0.1) is 5.97 Å². The van der Waals surface area contributed by atoms with Gasteiger partial charge in [-0.3, -0.25) is 0 Å². The maximum atomic E-state index is 12.4. The molecule has 2 aliphatic heterocycles. The normalized spacial score (nSPS) is 16.8. The van der Waals surface area contributed by atoms with E-state index >= 15 is 0 Å². The van der Waals surface area contributed by atoms with Crippen LogP contribution in [0, 0.1) is 0 Å². The average Bonchev–Trinajstić information content (AvgIpc) is 2.96. The van der Waals surface area contributed by atoms with Gasteiger partial charge in [-0.05, 0) is 95.8 Å². The van der Waals surface area contributed by atoms with Crippen molar-refractivity contribution in [2.24, 2.45) is 0 Å². The summed E-state index contributed by atoms with van der Waals surface area (Å²) in [7, 11) is 2.18. The van der Waals surface area contributed by atoms with E-state index in [0.29, 0.717) is 6.42 Å². The number of carbonyl (C=O) groups is 2. The number of nitrogens with zero attached hydrogens (tertiary/aromatic N) is 2. The summed E-state index contributed by atoms with van der Waals surface area (Å²) < 4.78 is 2.36. The Bertz CT molecular complexity index is 1720. The lowest BCUT2D eigenvalue weighted by Crippen LogP contribution is -2.42. The van der Waals surface area contributed by atoms with E-state index in [2.05, 4.69) is 54.6 Å². The minimum Gasteiger partial charge on any atom is -0.545 e. The first-order valence-electron chi connectivity index (χ1n) is 15.7. The van der Waals surface area contributed by atoms with Crippen molar-refractivity contribution in [1.29, 1.82) is 0 Å². The second kappa shape index (κ2) is 11.2. The van der Waals surface area contributed by atoms with Crippen LogP contribution < -0.4 is 25.2 Å². The molecule has 0 atom stereocenters. The molecule has 0 saturated heterocycles. The molecule has 1 aliphatic carbocycles. The van der Waals surface area contributed by atoms with Gasteiger partial charge in [-0.2, -0.15) is 0 Å². The number of carboxylic acids is 1. The number of carboxylic acid groups (broad SMARTS) is 1. The number of hydrogen-bond acceptors (Lipinski definition) is 4. The summed E-state index contributed by atoms with van der Waals surface area (Å²) in [6, 6.07) is 16.8. The molecule has 0 fully saturated rings. The van der Waals surface area contributed by atoms with Crippen molar-refractivity contribution in [3.05, 3.63) is 98.1 Å². The molecule has 42 heavy (non-hydrogen) atoms. The van der Waals surface area contributed by atoms with Gasteiger partial charge < -0.3 is 19.6 Å². The van der Waals surface area contributed by atoms with Crippen LogP contribution in [0.25, 0.3) is 5.57 Å². The molecule has 6 rings (SSSR count). The van der Waals surface area contributed by atoms with Crippen molar-refractivity contribution in [3.8, 4) is 0 Å². The van der Waals surface area contributed by atoms with Gasteiger partial charge in [0.25, 0.3) is 0 Å². The molecule has 0 bridgehead atoms. The van der Waals surface area contributed by atoms with E-state index in [1.165, 1.54) is 33.3 Å². The van der Waals surface area contributed by atoms with Crippen LogP contribution in [0.3, 0.4) is 0 Å². The molecular formula is C37H42N2O3. The fourth-order valence-corrected chi connectivity index (χ4v) is 7.52. The molecule has 2 heterocycles. The van der Waals surface area contributed by atoms with Crippen molar-refractivity contribution in [1.82, 2.24) is 4.58 Å². The summed E-state index contributed by atoms with van der Waals surface area (Å²) >= 11 is 0. The molecule has 3 aromatic carbocycles. The molecule has 3 aliphatic rings. The second-order valence-electron chi connectivity index (χ2n) is 13.0. The number of benzene rings is 3. The molecule has 0 aromatic heterocycles. The van der Waals surface area contributed by atoms with Crippen molar-refractivity contribution in [2.45, 2.75) is 77.6 Å². The number of aromatic carboxylic acids is 1. The molecule has 0 unspecified atom stereocenters. The first kappa shape index (κ1) is 28.4. The fourth-order valence-electron chi connectivity index (χ4n) is 7.52. The first-order valence-corrected chi connectivity index (χ1v) is 15.7. The lowest BCUT2D eigenvalue weighted by molar-refractivity contribution is -0.255. The van der Waals surface area contributed by atoms with Crippen LogP contribution in [0.4, 0.5) is 5.69 Å². The number of rotatable bonds is 8. The van der Waals surface area contributed by atoms with Crippen LogP contribution in [-0.2, 0) is 23.1 Å². The number of carbonyl (C=O) groups excluding carboxylic acids is 2. The summed E-state index contributed by atoms with van der Waals surface area (Å²) in [6.45, 7) is 9.39. The molecule has 0 amide bonds. The highest BCUT2D eigenvalue weighted by molar-refractivity contribution is 5.97. The number of unbranched alkanes of at least 4 members (excludes halogenated alkanes) is 2. The first-order chi connectivity index (χ1) is 20.2. The fraction of sp³-hybridized carbons (Fsp3) is 0.432. The molecule has 0 spiro atoms. The van der Waals surface area contributed by atoms with E-state index in [9.17, 15) is 14.7 Å². The highest BCUT2D eigenvalue weighted by Gasteiger charge is 2.36. The quantitative estimate of drug-likeness (QED) is 0.309. The smallest absolute Gasteiger partial charge is 0.203 e. The van der Waals surface area contributed by atoms with Gasteiger partial charge in [-0.25, -0.2) is 4.58 Å². The third-order valence-corrected chi connectivity index (χ3v) is 9.76. The Labute approximate surface area is 249 Å². The van der Waals surface area contributed by atoms with Crippen molar-refractivity contribution in [3.63, 3.8) is 0 Å². The van der Waals surface area contributed by atoms with Crippen molar-refractivity contribution in [2.75, 3.05) is 31.6 Å². The largest absolute Gasteiger partial charge is 0.545 e. The molecule has 5 heteroatoms. The molecule has 3 aromatic rings. The number of Topliss-reactive ketones (excluding diaryl/α,β-unsaturated/α-hetero) is 1. The molecule has 0 N–H and O–H groups in total. The Kier molecular flexibility index (Phi) is 7.55. The van der Waals surface area contributed by atoms with Crippen LogP contribution in [0.1, 0.15) is 103 Å². The van der Waals surface area contributed by atoms with Gasteiger partial charge >= 0.3 is 0 Å².